The fraction of sp³-hybridized carbons (Fsp3) is 0.133. The molecule has 3 amide bonds. The Morgan fingerprint density at radius 2 is 1.88 bits per heavy atom. The quantitative estimate of drug-likeness (QED) is 0.539. The smallest absolute Gasteiger partial charge is 0.275 e. The minimum atomic E-state index is -0.863. The standard InChI is InChI=1S/C15H10BrCl2N3O3S/c16-12-2-1-11(25-12)14(23)20-19-10-6-13(22)21(15(10)24)9-4-7(17)3-8(18)5-9/h1-5,10,19H,6H2,(H,20,23). The molecule has 0 saturated carbocycles. The number of imide groups is 1. The van der Waals surface area contributed by atoms with E-state index in [1.165, 1.54) is 29.5 Å². The largest absolute Gasteiger partial charge is 0.286 e. The molecular formula is C15H10BrCl2N3O3S. The number of thiophene rings is 1. The summed E-state index contributed by atoms with van der Waals surface area (Å²) in [5.41, 5.74) is 5.36. The molecule has 0 aliphatic carbocycles. The summed E-state index contributed by atoms with van der Waals surface area (Å²) in [5, 5.41) is 0.632. The van der Waals surface area contributed by atoms with E-state index < -0.39 is 17.9 Å². The van der Waals surface area contributed by atoms with E-state index in [9.17, 15) is 14.4 Å². The molecule has 1 aliphatic heterocycles. The van der Waals surface area contributed by atoms with Crippen LogP contribution in [0, 0.1) is 0 Å². The third kappa shape index (κ3) is 4.04. The first-order valence-corrected chi connectivity index (χ1v) is 9.36. The molecule has 25 heavy (non-hydrogen) atoms. The number of halogens is 3. The van der Waals surface area contributed by atoms with Crippen LogP contribution in [-0.4, -0.2) is 23.8 Å². The van der Waals surface area contributed by atoms with Gasteiger partial charge in [-0.15, -0.1) is 11.3 Å². The summed E-state index contributed by atoms with van der Waals surface area (Å²) in [4.78, 5) is 38.2. The van der Waals surface area contributed by atoms with Crippen LogP contribution in [0.1, 0.15) is 16.1 Å². The zero-order chi connectivity index (χ0) is 18.1. The van der Waals surface area contributed by atoms with Gasteiger partial charge in [0, 0.05) is 10.0 Å². The lowest BCUT2D eigenvalue weighted by atomic mass is 10.2. The first kappa shape index (κ1) is 18.3. The second kappa shape index (κ2) is 7.43. The Hall–Kier alpha value is -1.45. The Morgan fingerprint density at radius 3 is 2.48 bits per heavy atom. The van der Waals surface area contributed by atoms with E-state index in [0.29, 0.717) is 20.6 Å². The monoisotopic (exact) mass is 461 g/mol. The molecule has 10 heteroatoms. The lowest BCUT2D eigenvalue weighted by Gasteiger charge is -2.16. The van der Waals surface area contributed by atoms with Crippen molar-refractivity contribution >= 4 is 73.9 Å². The van der Waals surface area contributed by atoms with Gasteiger partial charge in [0.2, 0.25) is 5.91 Å². The molecule has 3 rings (SSSR count). The number of carbonyl (C=O) groups is 3. The maximum Gasteiger partial charge on any atom is 0.275 e. The van der Waals surface area contributed by atoms with E-state index in [1.54, 1.807) is 12.1 Å². The number of nitrogens with one attached hydrogen (secondary N) is 2. The predicted molar refractivity (Wildman–Crippen MR) is 100.0 cm³/mol. The lowest BCUT2D eigenvalue weighted by molar-refractivity contribution is -0.121. The first-order valence-electron chi connectivity index (χ1n) is 6.99. The van der Waals surface area contributed by atoms with Crippen LogP contribution in [0.25, 0.3) is 0 Å². The van der Waals surface area contributed by atoms with Crippen LogP contribution in [0.15, 0.2) is 34.1 Å². The van der Waals surface area contributed by atoms with Gasteiger partial charge < -0.3 is 0 Å². The second-order valence-corrected chi connectivity index (χ2v) is 8.49. The van der Waals surface area contributed by atoms with Crippen molar-refractivity contribution in [1.82, 2.24) is 10.9 Å². The van der Waals surface area contributed by atoms with Crippen molar-refractivity contribution in [1.29, 1.82) is 0 Å². The van der Waals surface area contributed by atoms with Gasteiger partial charge in [-0.1, -0.05) is 23.2 Å². The molecule has 1 atom stereocenters. The molecule has 2 N–H and O–H groups in total. The first-order chi connectivity index (χ1) is 11.8. The van der Waals surface area contributed by atoms with Crippen molar-refractivity contribution in [3.63, 3.8) is 0 Å². The average Bonchev–Trinajstić information content (AvgIpc) is 3.07. The molecule has 1 aromatic carbocycles. The molecule has 2 heterocycles. The van der Waals surface area contributed by atoms with Crippen LogP contribution < -0.4 is 15.8 Å². The van der Waals surface area contributed by atoms with Crippen LogP contribution in [0.2, 0.25) is 10.0 Å². The topological polar surface area (TPSA) is 78.5 Å². The molecular weight excluding hydrogens is 453 g/mol. The average molecular weight is 463 g/mol. The highest BCUT2D eigenvalue weighted by Crippen LogP contribution is 2.29. The molecule has 1 aromatic heterocycles. The Morgan fingerprint density at radius 1 is 1.20 bits per heavy atom. The fourth-order valence-electron chi connectivity index (χ4n) is 2.33. The van der Waals surface area contributed by atoms with Gasteiger partial charge in [-0.3, -0.25) is 19.8 Å². The van der Waals surface area contributed by atoms with Crippen molar-refractivity contribution in [2.75, 3.05) is 4.90 Å². The van der Waals surface area contributed by atoms with Crippen molar-refractivity contribution in [2.24, 2.45) is 0 Å². The van der Waals surface area contributed by atoms with Gasteiger partial charge in [-0.2, -0.15) is 0 Å². The predicted octanol–water partition coefficient (Wildman–Crippen LogP) is 3.38. The third-order valence-electron chi connectivity index (χ3n) is 3.41. The minimum absolute atomic E-state index is 0.0859. The second-order valence-electron chi connectivity index (χ2n) is 5.15. The van der Waals surface area contributed by atoms with Crippen molar-refractivity contribution in [3.8, 4) is 0 Å². The third-order valence-corrected chi connectivity index (χ3v) is 5.47. The van der Waals surface area contributed by atoms with Gasteiger partial charge in [0.1, 0.15) is 6.04 Å². The number of rotatable bonds is 4. The van der Waals surface area contributed by atoms with E-state index >= 15 is 0 Å². The minimum Gasteiger partial charge on any atom is -0.286 e. The number of hydrogen-bond acceptors (Lipinski definition) is 5. The van der Waals surface area contributed by atoms with E-state index in [2.05, 4.69) is 26.8 Å². The van der Waals surface area contributed by atoms with Crippen LogP contribution in [0.3, 0.4) is 0 Å². The summed E-state index contributed by atoms with van der Waals surface area (Å²) in [7, 11) is 0. The Balaban J connectivity index is 1.70. The number of nitrogens with zero attached hydrogens (tertiary/aromatic N) is 1. The molecule has 1 aliphatic rings. The van der Waals surface area contributed by atoms with Crippen LogP contribution in [0.4, 0.5) is 5.69 Å². The van der Waals surface area contributed by atoms with Gasteiger partial charge in [0.25, 0.3) is 11.8 Å². The number of hydrogen-bond donors (Lipinski definition) is 2. The molecule has 130 valence electrons. The van der Waals surface area contributed by atoms with Crippen LogP contribution >= 0.6 is 50.5 Å². The van der Waals surface area contributed by atoms with Gasteiger partial charge in [-0.05, 0) is 46.3 Å². The van der Waals surface area contributed by atoms with Crippen molar-refractivity contribution in [2.45, 2.75) is 12.5 Å². The molecule has 6 nitrogen and oxygen atoms in total. The van der Waals surface area contributed by atoms with Crippen LogP contribution in [0.5, 0.6) is 0 Å². The molecule has 1 fully saturated rings. The zero-order valence-electron chi connectivity index (χ0n) is 12.4. The SMILES string of the molecule is O=C(NNC1CC(=O)N(c2cc(Cl)cc(Cl)c2)C1=O)c1ccc(Br)s1. The molecule has 0 bridgehead atoms. The Bertz CT molecular complexity index is 853. The highest BCUT2D eigenvalue weighted by atomic mass is 79.9. The number of carbonyl (C=O) groups excluding carboxylic acids is 3. The number of benzene rings is 1. The van der Waals surface area contributed by atoms with E-state index in [0.717, 1.165) is 8.69 Å². The highest BCUT2D eigenvalue weighted by Gasteiger charge is 2.40. The van der Waals surface area contributed by atoms with E-state index in [4.69, 9.17) is 23.2 Å². The zero-order valence-corrected chi connectivity index (χ0v) is 16.3. The summed E-state index contributed by atoms with van der Waals surface area (Å²) in [6.45, 7) is 0. The summed E-state index contributed by atoms with van der Waals surface area (Å²) < 4.78 is 0.814. The lowest BCUT2D eigenvalue weighted by Crippen LogP contribution is -2.48. The summed E-state index contributed by atoms with van der Waals surface area (Å²) in [5.74, 6) is -1.29. The molecule has 1 saturated heterocycles. The fourth-order valence-corrected chi connectivity index (χ4v) is 4.13. The molecule has 2 aromatic rings. The highest BCUT2D eigenvalue weighted by molar-refractivity contribution is 9.11. The van der Waals surface area contributed by atoms with Gasteiger partial charge in [0.15, 0.2) is 0 Å². The van der Waals surface area contributed by atoms with Gasteiger partial charge >= 0.3 is 0 Å². The molecule has 0 spiro atoms. The Labute approximate surface area is 165 Å². The number of hydrazine groups is 1. The normalized spacial score (nSPS) is 17.2. The van der Waals surface area contributed by atoms with Gasteiger partial charge in [-0.25, -0.2) is 10.3 Å². The Kier molecular flexibility index (Phi) is 5.45. The number of anilines is 1. The summed E-state index contributed by atoms with van der Waals surface area (Å²) >= 11 is 16.4. The van der Waals surface area contributed by atoms with E-state index in [-0.39, 0.29) is 12.3 Å². The molecule has 0 radical (unpaired) electrons. The molecule has 1 unspecified atom stereocenters. The van der Waals surface area contributed by atoms with Gasteiger partial charge in [0.05, 0.1) is 20.8 Å². The van der Waals surface area contributed by atoms with Crippen molar-refractivity contribution in [3.05, 3.63) is 49.0 Å². The maximum absolute atomic E-state index is 12.5. The number of amides is 3. The van der Waals surface area contributed by atoms with Crippen molar-refractivity contribution < 1.29 is 14.4 Å². The maximum atomic E-state index is 12.5. The summed E-state index contributed by atoms with van der Waals surface area (Å²) in [6.07, 6.45) is -0.0859. The van der Waals surface area contributed by atoms with Crippen LogP contribution in [-0.2, 0) is 9.59 Å². The summed E-state index contributed by atoms with van der Waals surface area (Å²) in [6, 6.07) is 6.99. The van der Waals surface area contributed by atoms with E-state index in [1.807, 2.05) is 0 Å².